The van der Waals surface area contributed by atoms with Gasteiger partial charge in [-0.15, -0.1) is 0 Å². The maximum absolute atomic E-state index is 13.6. The molecule has 6 heteroatoms. The van der Waals surface area contributed by atoms with E-state index in [4.69, 9.17) is 4.42 Å². The van der Waals surface area contributed by atoms with Gasteiger partial charge in [0.1, 0.15) is 17.6 Å². The third kappa shape index (κ3) is 3.68. The number of halogens is 2. The van der Waals surface area contributed by atoms with Gasteiger partial charge in [-0.2, -0.15) is 0 Å². The fourth-order valence-electron chi connectivity index (χ4n) is 1.79. The van der Waals surface area contributed by atoms with Gasteiger partial charge in [-0.1, -0.05) is 15.9 Å². The summed E-state index contributed by atoms with van der Waals surface area (Å²) in [5.41, 5.74) is 0.285. The van der Waals surface area contributed by atoms with Gasteiger partial charge < -0.3 is 14.8 Å². The number of carbonyl (C=O) groups excluding carboxylic acids is 1. The van der Waals surface area contributed by atoms with Crippen molar-refractivity contribution in [1.29, 1.82) is 0 Å². The first-order valence-corrected chi connectivity index (χ1v) is 6.77. The van der Waals surface area contributed by atoms with E-state index in [2.05, 4.69) is 21.2 Å². The molecule has 0 aliphatic carbocycles. The first-order chi connectivity index (χ1) is 9.60. The summed E-state index contributed by atoms with van der Waals surface area (Å²) in [6.45, 7) is -0.291. The summed E-state index contributed by atoms with van der Waals surface area (Å²) < 4.78 is 19.4. The number of rotatable bonds is 5. The molecular formula is C14H13BrFNO3. The van der Waals surface area contributed by atoms with Crippen molar-refractivity contribution >= 4 is 21.8 Å². The van der Waals surface area contributed by atoms with Gasteiger partial charge in [-0.25, -0.2) is 4.39 Å². The first kappa shape index (κ1) is 14.7. The molecule has 0 bridgehead atoms. The smallest absolute Gasteiger partial charge is 0.225 e. The Hall–Kier alpha value is -1.66. The van der Waals surface area contributed by atoms with E-state index in [9.17, 15) is 14.3 Å². The van der Waals surface area contributed by atoms with Gasteiger partial charge in [-0.05, 0) is 35.9 Å². The molecule has 0 aliphatic heterocycles. The van der Waals surface area contributed by atoms with Crippen molar-refractivity contribution in [2.75, 3.05) is 6.61 Å². The molecule has 1 aromatic carbocycles. The summed E-state index contributed by atoms with van der Waals surface area (Å²) in [6.07, 6.45) is 1.35. The number of nitrogens with one attached hydrogen (secondary N) is 1. The van der Waals surface area contributed by atoms with Gasteiger partial charge >= 0.3 is 0 Å². The average molecular weight is 342 g/mol. The Bertz CT molecular complexity index is 586. The SMILES string of the molecule is O=C(Cc1cc(Br)ccc1F)NC(CO)c1ccco1. The molecule has 1 amide bonds. The maximum Gasteiger partial charge on any atom is 0.225 e. The normalized spacial score (nSPS) is 12.2. The van der Waals surface area contributed by atoms with Crippen molar-refractivity contribution in [3.8, 4) is 0 Å². The zero-order valence-corrected chi connectivity index (χ0v) is 12.1. The van der Waals surface area contributed by atoms with Crippen LogP contribution in [0.5, 0.6) is 0 Å². The van der Waals surface area contributed by atoms with Crippen LogP contribution in [0.1, 0.15) is 17.4 Å². The number of aliphatic hydroxyl groups excluding tert-OH is 1. The van der Waals surface area contributed by atoms with Gasteiger partial charge in [0, 0.05) is 4.47 Å². The lowest BCUT2D eigenvalue weighted by Crippen LogP contribution is -2.31. The van der Waals surface area contributed by atoms with Gasteiger partial charge in [0.05, 0.1) is 19.3 Å². The van der Waals surface area contributed by atoms with Crippen molar-refractivity contribution in [3.63, 3.8) is 0 Å². The molecule has 0 radical (unpaired) electrons. The number of hydrogen-bond acceptors (Lipinski definition) is 3. The minimum atomic E-state index is -0.632. The maximum atomic E-state index is 13.6. The molecule has 20 heavy (non-hydrogen) atoms. The lowest BCUT2D eigenvalue weighted by molar-refractivity contribution is -0.121. The Morgan fingerprint density at radius 1 is 1.45 bits per heavy atom. The lowest BCUT2D eigenvalue weighted by atomic mass is 10.1. The van der Waals surface area contributed by atoms with Crippen LogP contribution in [0, 0.1) is 5.82 Å². The zero-order chi connectivity index (χ0) is 14.5. The number of amides is 1. The van der Waals surface area contributed by atoms with Crippen molar-refractivity contribution in [3.05, 3.63) is 58.2 Å². The number of carbonyl (C=O) groups is 1. The van der Waals surface area contributed by atoms with E-state index in [1.54, 1.807) is 24.3 Å². The summed E-state index contributed by atoms with van der Waals surface area (Å²) in [5, 5.41) is 11.9. The molecule has 2 N–H and O–H groups in total. The van der Waals surface area contributed by atoms with E-state index < -0.39 is 17.8 Å². The Balaban J connectivity index is 2.03. The fraction of sp³-hybridized carbons (Fsp3) is 0.214. The standard InChI is InChI=1S/C14H13BrFNO3/c15-10-3-4-11(16)9(6-10)7-14(19)17-12(8-18)13-2-1-5-20-13/h1-6,12,18H,7-8H2,(H,17,19). The number of aliphatic hydroxyl groups is 1. The summed E-state index contributed by atoms with van der Waals surface area (Å²) in [7, 11) is 0. The van der Waals surface area contributed by atoms with Crippen LogP contribution in [-0.4, -0.2) is 17.6 Å². The van der Waals surface area contributed by atoms with E-state index in [0.29, 0.717) is 10.2 Å². The van der Waals surface area contributed by atoms with Gasteiger partial charge in [0.15, 0.2) is 0 Å². The molecule has 1 unspecified atom stereocenters. The van der Waals surface area contributed by atoms with Crippen LogP contribution in [0.2, 0.25) is 0 Å². The second-order valence-corrected chi connectivity index (χ2v) is 5.15. The highest BCUT2D eigenvalue weighted by Crippen LogP contribution is 2.17. The van der Waals surface area contributed by atoms with E-state index in [1.165, 1.54) is 12.3 Å². The molecule has 0 aliphatic rings. The lowest BCUT2D eigenvalue weighted by Gasteiger charge is -2.14. The molecule has 106 valence electrons. The number of furan rings is 1. The minimum Gasteiger partial charge on any atom is -0.467 e. The molecule has 4 nitrogen and oxygen atoms in total. The second kappa shape index (κ2) is 6.67. The highest BCUT2D eigenvalue weighted by atomic mass is 79.9. The van der Waals surface area contributed by atoms with Gasteiger partial charge in [0.25, 0.3) is 0 Å². The largest absolute Gasteiger partial charge is 0.467 e. The summed E-state index contributed by atoms with van der Waals surface area (Å²) >= 11 is 3.23. The third-order valence-electron chi connectivity index (χ3n) is 2.76. The van der Waals surface area contributed by atoms with E-state index >= 15 is 0 Å². The third-order valence-corrected chi connectivity index (χ3v) is 3.26. The molecule has 0 fully saturated rings. The topological polar surface area (TPSA) is 62.5 Å². The minimum absolute atomic E-state index is 0.109. The molecule has 2 aromatic rings. The Morgan fingerprint density at radius 3 is 2.90 bits per heavy atom. The second-order valence-electron chi connectivity index (χ2n) is 4.23. The highest BCUT2D eigenvalue weighted by Gasteiger charge is 2.17. The van der Waals surface area contributed by atoms with Crippen LogP contribution in [0.25, 0.3) is 0 Å². The number of hydrogen-bond donors (Lipinski definition) is 2. The van der Waals surface area contributed by atoms with Crippen LogP contribution >= 0.6 is 15.9 Å². The molecule has 0 saturated heterocycles. The van der Waals surface area contributed by atoms with Crippen LogP contribution in [-0.2, 0) is 11.2 Å². The van der Waals surface area contributed by atoms with E-state index in [1.807, 2.05) is 0 Å². The van der Waals surface area contributed by atoms with Crippen LogP contribution in [0.15, 0.2) is 45.5 Å². The molecule has 1 heterocycles. The van der Waals surface area contributed by atoms with Crippen LogP contribution < -0.4 is 5.32 Å². The van der Waals surface area contributed by atoms with Crippen molar-refractivity contribution in [1.82, 2.24) is 5.32 Å². The highest BCUT2D eigenvalue weighted by molar-refractivity contribution is 9.10. The average Bonchev–Trinajstić information content (AvgIpc) is 2.94. The molecule has 1 aromatic heterocycles. The fourth-order valence-corrected chi connectivity index (χ4v) is 2.20. The summed E-state index contributed by atoms with van der Waals surface area (Å²) in [6, 6.07) is 7.10. The molecule has 0 saturated carbocycles. The molecule has 1 atom stereocenters. The van der Waals surface area contributed by atoms with Crippen molar-refractivity contribution in [2.45, 2.75) is 12.5 Å². The van der Waals surface area contributed by atoms with Crippen molar-refractivity contribution in [2.24, 2.45) is 0 Å². The summed E-state index contributed by atoms with van der Waals surface area (Å²) in [4.78, 5) is 11.9. The van der Waals surface area contributed by atoms with E-state index in [0.717, 1.165) is 0 Å². The summed E-state index contributed by atoms with van der Waals surface area (Å²) in [5.74, 6) is -0.380. The predicted molar refractivity (Wildman–Crippen MR) is 74.5 cm³/mol. The Morgan fingerprint density at radius 2 is 2.25 bits per heavy atom. The van der Waals surface area contributed by atoms with E-state index in [-0.39, 0.29) is 18.6 Å². The number of benzene rings is 1. The molecular weight excluding hydrogens is 329 g/mol. The zero-order valence-electron chi connectivity index (χ0n) is 10.5. The van der Waals surface area contributed by atoms with Crippen LogP contribution in [0.3, 0.4) is 0 Å². The van der Waals surface area contributed by atoms with Crippen LogP contribution in [0.4, 0.5) is 4.39 Å². The molecule has 0 spiro atoms. The Kier molecular flexibility index (Phi) is 4.92. The van der Waals surface area contributed by atoms with Gasteiger partial charge in [-0.3, -0.25) is 4.79 Å². The van der Waals surface area contributed by atoms with Crippen molar-refractivity contribution < 1.29 is 18.7 Å². The Labute approximate surface area is 123 Å². The first-order valence-electron chi connectivity index (χ1n) is 5.97. The monoisotopic (exact) mass is 341 g/mol. The molecule has 2 rings (SSSR count). The quantitative estimate of drug-likeness (QED) is 0.878. The predicted octanol–water partition coefficient (Wildman–Crippen LogP) is 2.57. The van der Waals surface area contributed by atoms with Gasteiger partial charge in [0.2, 0.25) is 5.91 Å².